The number of aromatic nitrogens is 1. The Morgan fingerprint density at radius 3 is 2.33 bits per heavy atom. The molecule has 0 aliphatic carbocycles. The summed E-state index contributed by atoms with van der Waals surface area (Å²) in [7, 11) is 0. The van der Waals surface area contributed by atoms with Crippen LogP contribution in [0.5, 0.6) is 5.75 Å². The number of piperidine rings is 1. The second-order valence-electron chi connectivity index (χ2n) is 14.0. The first-order valence-corrected chi connectivity index (χ1v) is 16.1. The van der Waals surface area contributed by atoms with Crippen molar-refractivity contribution in [3.05, 3.63) is 35.4 Å². The summed E-state index contributed by atoms with van der Waals surface area (Å²) in [4.78, 5) is 42.8. The molecule has 0 saturated carbocycles. The van der Waals surface area contributed by atoms with Gasteiger partial charge in [-0.25, -0.2) is 0 Å². The van der Waals surface area contributed by atoms with Crippen LogP contribution in [0.4, 0.5) is 0 Å². The summed E-state index contributed by atoms with van der Waals surface area (Å²) < 4.78 is 0.0727. The van der Waals surface area contributed by atoms with Gasteiger partial charge < -0.3 is 15.4 Å². The molecule has 0 unspecified atom stereocenters. The number of carbonyl (C=O) groups is 3. The van der Waals surface area contributed by atoms with Gasteiger partial charge in [0.2, 0.25) is 5.91 Å². The standard InChI is InChI=1S/C33H48N4O4S/c1-32(2,3)20-24-23-9-10-26(38)25(30(23)35-31(24)42-33(4,5)6)21-36-18-14-22(15-19-36)13-16-34-27(39)8-7-17-37-28(40)11-12-29(37)41/h9-12,22,35,38H,7-8,13-21H2,1-6H3,(H,34,39). The highest BCUT2D eigenvalue weighted by atomic mass is 32.2. The fourth-order valence-electron chi connectivity index (χ4n) is 5.81. The van der Waals surface area contributed by atoms with Crippen LogP contribution in [0.15, 0.2) is 29.3 Å². The first-order chi connectivity index (χ1) is 19.7. The number of hydrogen-bond acceptors (Lipinski definition) is 6. The van der Waals surface area contributed by atoms with Crippen molar-refractivity contribution in [1.29, 1.82) is 0 Å². The van der Waals surface area contributed by atoms with Gasteiger partial charge in [-0.05, 0) is 74.2 Å². The normalized spacial score (nSPS) is 17.1. The monoisotopic (exact) mass is 596 g/mol. The number of rotatable bonds is 11. The van der Waals surface area contributed by atoms with Crippen LogP contribution in [0.1, 0.15) is 84.8 Å². The van der Waals surface area contributed by atoms with Crippen molar-refractivity contribution in [3.63, 3.8) is 0 Å². The Labute approximate surface area is 254 Å². The Bertz CT molecular complexity index is 1310. The molecule has 4 rings (SSSR count). The number of thioether (sulfide) groups is 1. The summed E-state index contributed by atoms with van der Waals surface area (Å²) in [5, 5.41) is 16.4. The van der Waals surface area contributed by atoms with Crippen molar-refractivity contribution in [2.45, 2.75) is 96.4 Å². The number of hydrogen-bond donors (Lipinski definition) is 3. The van der Waals surface area contributed by atoms with E-state index in [1.165, 1.54) is 33.0 Å². The van der Waals surface area contributed by atoms with E-state index in [1.54, 1.807) is 0 Å². The molecular formula is C33H48N4O4S. The second kappa shape index (κ2) is 13.2. The third-order valence-electron chi connectivity index (χ3n) is 7.89. The number of nitrogens with one attached hydrogen (secondary N) is 2. The minimum absolute atomic E-state index is 0.0381. The lowest BCUT2D eigenvalue weighted by molar-refractivity contribution is -0.137. The van der Waals surface area contributed by atoms with E-state index in [4.69, 9.17) is 0 Å². The Morgan fingerprint density at radius 2 is 1.71 bits per heavy atom. The molecule has 0 spiro atoms. The van der Waals surface area contributed by atoms with Crippen molar-refractivity contribution in [1.82, 2.24) is 20.1 Å². The number of aromatic hydroxyl groups is 1. The van der Waals surface area contributed by atoms with Crippen LogP contribution in [-0.2, 0) is 27.3 Å². The number of benzene rings is 1. The zero-order valence-corrected chi connectivity index (χ0v) is 27.0. The van der Waals surface area contributed by atoms with E-state index in [0.717, 1.165) is 49.9 Å². The van der Waals surface area contributed by atoms with E-state index < -0.39 is 0 Å². The largest absolute Gasteiger partial charge is 0.508 e. The van der Waals surface area contributed by atoms with Gasteiger partial charge in [0.05, 0.1) is 10.5 Å². The van der Waals surface area contributed by atoms with Crippen LogP contribution in [0, 0.1) is 11.3 Å². The molecule has 0 radical (unpaired) electrons. The van der Waals surface area contributed by atoms with Gasteiger partial charge in [-0.2, -0.15) is 0 Å². The third-order valence-corrected chi connectivity index (χ3v) is 9.06. The number of phenols is 1. The van der Waals surface area contributed by atoms with Crippen LogP contribution in [-0.4, -0.2) is 68.5 Å². The van der Waals surface area contributed by atoms with Gasteiger partial charge >= 0.3 is 0 Å². The molecule has 2 aliphatic rings. The Hall–Kier alpha value is -2.78. The molecule has 42 heavy (non-hydrogen) atoms. The minimum Gasteiger partial charge on any atom is -0.508 e. The average molecular weight is 597 g/mol. The van der Waals surface area contributed by atoms with Crippen LogP contribution in [0.2, 0.25) is 0 Å². The number of amides is 3. The molecule has 1 aromatic carbocycles. The fraction of sp³-hybridized carbons (Fsp3) is 0.606. The molecule has 0 atom stereocenters. The van der Waals surface area contributed by atoms with Gasteiger partial charge in [-0.3, -0.25) is 24.2 Å². The van der Waals surface area contributed by atoms with Crippen molar-refractivity contribution in [2.75, 3.05) is 26.2 Å². The summed E-state index contributed by atoms with van der Waals surface area (Å²) in [6.45, 7) is 17.1. The van der Waals surface area contributed by atoms with Crippen molar-refractivity contribution in [3.8, 4) is 5.75 Å². The highest BCUT2D eigenvalue weighted by Crippen LogP contribution is 2.42. The van der Waals surface area contributed by atoms with E-state index in [-0.39, 0.29) is 34.4 Å². The molecule has 1 saturated heterocycles. The maximum absolute atomic E-state index is 12.2. The molecule has 2 aliphatic heterocycles. The Kier molecular flexibility index (Phi) is 10.1. The van der Waals surface area contributed by atoms with Gasteiger partial charge in [-0.1, -0.05) is 41.5 Å². The molecule has 230 valence electrons. The van der Waals surface area contributed by atoms with Crippen LogP contribution < -0.4 is 5.32 Å². The number of carbonyl (C=O) groups excluding carboxylic acids is 3. The molecule has 2 aromatic rings. The molecular weight excluding hydrogens is 548 g/mol. The van der Waals surface area contributed by atoms with Crippen LogP contribution >= 0.6 is 11.8 Å². The number of likely N-dealkylation sites (tertiary alicyclic amines) is 1. The van der Waals surface area contributed by atoms with Crippen LogP contribution in [0.25, 0.3) is 10.9 Å². The first-order valence-electron chi connectivity index (χ1n) is 15.3. The highest BCUT2D eigenvalue weighted by molar-refractivity contribution is 8.00. The Morgan fingerprint density at radius 1 is 1.05 bits per heavy atom. The molecule has 9 heteroatoms. The van der Waals surface area contributed by atoms with Crippen molar-refractivity contribution >= 4 is 40.4 Å². The molecule has 3 N–H and O–H groups in total. The quantitative estimate of drug-likeness (QED) is 0.225. The van der Waals surface area contributed by atoms with Crippen molar-refractivity contribution in [2.24, 2.45) is 11.3 Å². The number of H-pyrrole nitrogens is 1. The SMILES string of the molecule is CC(C)(C)Cc1c(SC(C)(C)C)[nH]c2c(CN3CCC(CCNC(=O)CCCN4C(=O)C=CC4=O)CC3)c(O)ccc12. The lowest BCUT2D eigenvalue weighted by atomic mass is 9.88. The predicted molar refractivity (Wildman–Crippen MR) is 169 cm³/mol. The average Bonchev–Trinajstić information content (AvgIpc) is 3.38. The van der Waals surface area contributed by atoms with Gasteiger partial charge in [0.1, 0.15) is 5.75 Å². The molecule has 8 nitrogen and oxygen atoms in total. The summed E-state index contributed by atoms with van der Waals surface area (Å²) >= 11 is 1.86. The van der Waals surface area contributed by atoms with E-state index in [0.29, 0.717) is 37.6 Å². The smallest absolute Gasteiger partial charge is 0.253 e. The number of fused-ring (bicyclic) bond motifs is 1. The summed E-state index contributed by atoms with van der Waals surface area (Å²) in [5.41, 5.74) is 3.52. The van der Waals surface area contributed by atoms with Gasteiger partial charge in [0.15, 0.2) is 0 Å². The van der Waals surface area contributed by atoms with Crippen LogP contribution in [0.3, 0.4) is 0 Å². The first kappa shape index (κ1) is 32.1. The number of phenolic OH excluding ortho intramolecular Hbond substituents is 1. The topological polar surface area (TPSA) is 106 Å². The lowest BCUT2D eigenvalue weighted by Crippen LogP contribution is -2.35. The van der Waals surface area contributed by atoms with E-state index in [2.05, 4.69) is 62.8 Å². The van der Waals surface area contributed by atoms with E-state index in [9.17, 15) is 19.5 Å². The number of aromatic amines is 1. The zero-order chi connectivity index (χ0) is 30.7. The maximum atomic E-state index is 12.2. The summed E-state index contributed by atoms with van der Waals surface area (Å²) in [5.74, 6) is 0.250. The van der Waals surface area contributed by atoms with Gasteiger partial charge in [-0.15, -0.1) is 11.8 Å². The predicted octanol–water partition coefficient (Wildman–Crippen LogP) is 5.78. The molecule has 1 fully saturated rings. The third kappa shape index (κ3) is 8.63. The number of nitrogens with zero attached hydrogens (tertiary/aromatic N) is 2. The zero-order valence-electron chi connectivity index (χ0n) is 26.1. The molecule has 1 aromatic heterocycles. The van der Waals surface area contributed by atoms with Crippen molar-refractivity contribution < 1.29 is 19.5 Å². The second-order valence-corrected chi connectivity index (χ2v) is 15.8. The molecule has 3 amide bonds. The highest BCUT2D eigenvalue weighted by Gasteiger charge is 2.27. The maximum Gasteiger partial charge on any atom is 0.253 e. The number of imide groups is 1. The molecule has 3 heterocycles. The van der Waals surface area contributed by atoms with E-state index in [1.807, 2.05) is 17.8 Å². The summed E-state index contributed by atoms with van der Waals surface area (Å²) in [6, 6.07) is 3.93. The van der Waals surface area contributed by atoms with E-state index >= 15 is 0 Å². The van der Waals surface area contributed by atoms with Gasteiger partial charge in [0.25, 0.3) is 11.8 Å². The molecule has 0 bridgehead atoms. The fourth-order valence-corrected chi connectivity index (χ4v) is 6.88. The lowest BCUT2D eigenvalue weighted by Gasteiger charge is -2.32. The van der Waals surface area contributed by atoms with Gasteiger partial charge in [0, 0.05) is 53.9 Å². The minimum atomic E-state index is -0.305. The summed E-state index contributed by atoms with van der Waals surface area (Å²) in [6.07, 6.45) is 7.33. The Balaban J connectivity index is 1.28.